The number of aromatic nitrogens is 1. The van der Waals surface area contributed by atoms with Crippen molar-refractivity contribution < 1.29 is 19.1 Å². The Bertz CT molecular complexity index is 1070. The zero-order chi connectivity index (χ0) is 20.2. The molecule has 7 heteroatoms. The highest BCUT2D eigenvalue weighted by molar-refractivity contribution is 5.99. The fourth-order valence-corrected chi connectivity index (χ4v) is 3.48. The second-order valence-electron chi connectivity index (χ2n) is 6.88. The molecular formula is C22H21N3O4. The third-order valence-corrected chi connectivity index (χ3v) is 4.98. The van der Waals surface area contributed by atoms with E-state index in [0.717, 1.165) is 21.4 Å². The molecule has 29 heavy (non-hydrogen) atoms. The Morgan fingerprint density at radius 1 is 1.10 bits per heavy atom. The van der Waals surface area contributed by atoms with Gasteiger partial charge in [0.25, 0.3) is 5.91 Å². The Hall–Kier alpha value is -3.61. The van der Waals surface area contributed by atoms with Crippen LogP contribution in [0.1, 0.15) is 28.8 Å². The summed E-state index contributed by atoms with van der Waals surface area (Å²) in [6, 6.07) is 14.5. The molecule has 1 aliphatic heterocycles. The summed E-state index contributed by atoms with van der Waals surface area (Å²) in [5.41, 5.74) is 2.43. The highest BCUT2D eigenvalue weighted by Gasteiger charge is 2.29. The fourth-order valence-electron chi connectivity index (χ4n) is 3.48. The minimum Gasteiger partial charge on any atom is -0.409 e. The van der Waals surface area contributed by atoms with Crippen LogP contribution in [-0.2, 0) is 11.2 Å². The van der Waals surface area contributed by atoms with Crippen LogP contribution in [0.3, 0.4) is 0 Å². The number of fused-ring (bicyclic) bond motifs is 1. The Labute approximate surface area is 167 Å². The van der Waals surface area contributed by atoms with E-state index in [-0.39, 0.29) is 23.1 Å². The minimum absolute atomic E-state index is 0.141. The van der Waals surface area contributed by atoms with Crippen LogP contribution in [0.15, 0.2) is 54.7 Å². The van der Waals surface area contributed by atoms with Crippen LogP contribution in [0.4, 0.5) is 4.79 Å². The van der Waals surface area contributed by atoms with Gasteiger partial charge in [0, 0.05) is 36.6 Å². The van der Waals surface area contributed by atoms with Crippen molar-refractivity contribution in [2.75, 3.05) is 13.1 Å². The van der Waals surface area contributed by atoms with Gasteiger partial charge in [-0.3, -0.25) is 9.59 Å². The van der Waals surface area contributed by atoms with E-state index in [0.29, 0.717) is 32.4 Å². The highest BCUT2D eigenvalue weighted by atomic mass is 16.6. The number of likely N-dealkylation sites (tertiary alicyclic amines) is 1. The molecule has 0 radical (unpaired) electrons. The third kappa shape index (κ3) is 3.99. The number of benzene rings is 2. The van der Waals surface area contributed by atoms with Gasteiger partial charge in [-0.2, -0.15) is 0 Å². The lowest BCUT2D eigenvalue weighted by Gasteiger charge is -2.15. The molecule has 0 bridgehead atoms. The zero-order valence-corrected chi connectivity index (χ0v) is 15.8. The van der Waals surface area contributed by atoms with Gasteiger partial charge in [0.05, 0.1) is 5.56 Å². The second-order valence-corrected chi connectivity index (χ2v) is 6.88. The summed E-state index contributed by atoms with van der Waals surface area (Å²) in [6.45, 7) is 0.782. The van der Waals surface area contributed by atoms with Gasteiger partial charge >= 0.3 is 6.09 Å². The van der Waals surface area contributed by atoms with Crippen LogP contribution < -0.4 is 10.1 Å². The van der Waals surface area contributed by atoms with Gasteiger partial charge in [0.2, 0.25) is 5.91 Å². The van der Waals surface area contributed by atoms with Gasteiger partial charge in [0.1, 0.15) is 5.75 Å². The molecule has 3 aromatic rings. The van der Waals surface area contributed by atoms with Crippen LogP contribution in [0.2, 0.25) is 0 Å². The zero-order valence-electron chi connectivity index (χ0n) is 15.8. The Balaban J connectivity index is 1.40. The number of hydrogen-bond donors (Lipinski definition) is 2. The first-order valence-electron chi connectivity index (χ1n) is 9.58. The number of aromatic amines is 1. The number of nitrogens with one attached hydrogen (secondary N) is 2. The number of amides is 3. The van der Waals surface area contributed by atoms with Crippen molar-refractivity contribution in [2.45, 2.75) is 19.3 Å². The number of rotatable bonds is 5. The quantitative estimate of drug-likeness (QED) is 0.698. The monoisotopic (exact) mass is 391 g/mol. The number of carbonyl (C=O) groups is 3. The van der Waals surface area contributed by atoms with E-state index in [1.54, 1.807) is 24.3 Å². The molecule has 1 fully saturated rings. The van der Waals surface area contributed by atoms with Crippen molar-refractivity contribution in [3.8, 4) is 5.75 Å². The molecule has 0 unspecified atom stereocenters. The topological polar surface area (TPSA) is 91.5 Å². The van der Waals surface area contributed by atoms with Crippen LogP contribution in [-0.4, -0.2) is 40.9 Å². The molecule has 0 aliphatic carbocycles. The van der Waals surface area contributed by atoms with Crippen molar-refractivity contribution in [1.29, 1.82) is 0 Å². The summed E-state index contributed by atoms with van der Waals surface area (Å²) < 4.78 is 5.33. The minimum atomic E-state index is -0.744. The molecule has 2 aromatic carbocycles. The van der Waals surface area contributed by atoms with E-state index in [1.807, 2.05) is 30.5 Å². The summed E-state index contributed by atoms with van der Waals surface area (Å²) in [7, 11) is 0. The molecule has 2 N–H and O–H groups in total. The Morgan fingerprint density at radius 2 is 1.90 bits per heavy atom. The first-order valence-corrected chi connectivity index (χ1v) is 9.58. The molecule has 148 valence electrons. The Kier molecular flexibility index (Phi) is 5.29. The summed E-state index contributed by atoms with van der Waals surface area (Å²) in [6.07, 6.45) is 2.83. The van der Waals surface area contributed by atoms with E-state index in [4.69, 9.17) is 4.74 Å². The lowest BCUT2D eigenvalue weighted by atomic mass is 10.1. The lowest BCUT2D eigenvalue weighted by molar-refractivity contribution is -0.125. The predicted octanol–water partition coefficient (Wildman–Crippen LogP) is 3.26. The van der Waals surface area contributed by atoms with Gasteiger partial charge in [-0.25, -0.2) is 9.69 Å². The number of ether oxygens (including phenoxy) is 1. The maximum atomic E-state index is 12.6. The second kappa shape index (κ2) is 8.18. The SMILES string of the molecule is O=C(NCCc1c[nH]c2ccccc12)c1ccccc1OC(=O)N1CCCC1=O. The smallest absolute Gasteiger partial charge is 0.409 e. The number of carbonyl (C=O) groups excluding carboxylic acids is 3. The molecule has 0 spiro atoms. The van der Waals surface area contributed by atoms with Gasteiger partial charge in [-0.1, -0.05) is 30.3 Å². The largest absolute Gasteiger partial charge is 0.422 e. The van der Waals surface area contributed by atoms with Gasteiger partial charge in [0.15, 0.2) is 0 Å². The molecule has 1 aromatic heterocycles. The molecule has 1 aliphatic rings. The van der Waals surface area contributed by atoms with E-state index in [1.165, 1.54) is 0 Å². The molecule has 0 atom stereocenters. The molecule has 3 amide bonds. The van der Waals surface area contributed by atoms with E-state index >= 15 is 0 Å². The molecule has 4 rings (SSSR count). The number of hydrogen-bond acceptors (Lipinski definition) is 4. The van der Waals surface area contributed by atoms with Crippen molar-refractivity contribution in [3.05, 3.63) is 65.9 Å². The molecule has 7 nitrogen and oxygen atoms in total. The fraction of sp³-hybridized carbons (Fsp3) is 0.227. The van der Waals surface area contributed by atoms with Crippen LogP contribution in [0.25, 0.3) is 10.9 Å². The summed E-state index contributed by atoms with van der Waals surface area (Å²) in [5.74, 6) is -0.446. The van der Waals surface area contributed by atoms with E-state index < -0.39 is 6.09 Å². The van der Waals surface area contributed by atoms with Crippen molar-refractivity contribution >= 4 is 28.8 Å². The van der Waals surface area contributed by atoms with E-state index in [2.05, 4.69) is 10.3 Å². The standard InChI is InChI=1S/C22H21N3O4/c26-20-10-5-13-25(20)22(28)29-19-9-4-2-7-17(19)21(27)23-12-11-15-14-24-18-8-3-1-6-16(15)18/h1-4,6-9,14,24H,5,10-13H2,(H,23,27). The first kappa shape index (κ1) is 18.7. The number of para-hydroxylation sites is 2. The third-order valence-electron chi connectivity index (χ3n) is 4.98. The maximum Gasteiger partial charge on any atom is 0.422 e. The normalized spacial score (nSPS) is 13.7. The van der Waals surface area contributed by atoms with Crippen LogP contribution >= 0.6 is 0 Å². The summed E-state index contributed by atoms with van der Waals surface area (Å²) in [5, 5.41) is 4.00. The average molecular weight is 391 g/mol. The lowest BCUT2D eigenvalue weighted by Crippen LogP contribution is -2.35. The Morgan fingerprint density at radius 3 is 2.72 bits per heavy atom. The predicted molar refractivity (Wildman–Crippen MR) is 108 cm³/mol. The summed E-state index contributed by atoms with van der Waals surface area (Å²) >= 11 is 0. The number of nitrogens with zero attached hydrogens (tertiary/aromatic N) is 1. The van der Waals surface area contributed by atoms with Gasteiger partial charge < -0.3 is 15.0 Å². The molecule has 2 heterocycles. The highest BCUT2D eigenvalue weighted by Crippen LogP contribution is 2.21. The van der Waals surface area contributed by atoms with Crippen LogP contribution in [0, 0.1) is 0 Å². The molecular weight excluding hydrogens is 370 g/mol. The van der Waals surface area contributed by atoms with E-state index in [9.17, 15) is 14.4 Å². The van der Waals surface area contributed by atoms with Crippen molar-refractivity contribution in [3.63, 3.8) is 0 Å². The molecule has 1 saturated heterocycles. The maximum absolute atomic E-state index is 12.6. The van der Waals surface area contributed by atoms with Crippen molar-refractivity contribution in [2.24, 2.45) is 0 Å². The number of imide groups is 1. The summed E-state index contributed by atoms with van der Waals surface area (Å²) in [4.78, 5) is 40.9. The van der Waals surface area contributed by atoms with Crippen LogP contribution in [0.5, 0.6) is 5.75 Å². The number of H-pyrrole nitrogens is 1. The van der Waals surface area contributed by atoms with Crippen molar-refractivity contribution in [1.82, 2.24) is 15.2 Å². The van der Waals surface area contributed by atoms with Gasteiger partial charge in [-0.05, 0) is 36.6 Å². The molecule has 0 saturated carbocycles. The van der Waals surface area contributed by atoms with Gasteiger partial charge in [-0.15, -0.1) is 0 Å². The average Bonchev–Trinajstić information content (AvgIpc) is 3.35. The first-order chi connectivity index (χ1) is 14.1.